The van der Waals surface area contributed by atoms with E-state index in [0.29, 0.717) is 5.56 Å². The molecule has 4 aromatic rings. The highest BCUT2D eigenvalue weighted by Crippen LogP contribution is 2.29. The lowest BCUT2D eigenvalue weighted by Gasteiger charge is -2.12. The van der Waals surface area contributed by atoms with Crippen LogP contribution in [-0.2, 0) is 5.75 Å². The zero-order valence-electron chi connectivity index (χ0n) is 14.8. The van der Waals surface area contributed by atoms with Crippen LogP contribution in [-0.4, -0.2) is 10.5 Å². The van der Waals surface area contributed by atoms with Crippen LogP contribution < -0.4 is 5.32 Å². The molecule has 0 bridgehead atoms. The second-order valence-corrected chi connectivity index (χ2v) is 8.12. The smallest absolute Gasteiger partial charge is 0.256 e. The highest BCUT2D eigenvalue weighted by molar-refractivity contribution is 7.98. The summed E-state index contributed by atoms with van der Waals surface area (Å²) in [4.78, 5) is 15.0. The Kier molecular flexibility index (Phi) is 5.60. The molecule has 0 fully saturated rings. The van der Waals surface area contributed by atoms with Gasteiger partial charge in [0, 0.05) is 33.6 Å². The van der Waals surface area contributed by atoms with Crippen molar-refractivity contribution in [2.24, 2.45) is 0 Å². The SMILES string of the molecule is O=C(Nc1cc(-n2cccc2)ccc1F)c1ccccc1SCc1cccs1. The van der Waals surface area contributed by atoms with Gasteiger partial charge in [0.2, 0.25) is 0 Å². The molecule has 140 valence electrons. The Hall–Kier alpha value is -2.83. The van der Waals surface area contributed by atoms with Crippen molar-refractivity contribution in [2.45, 2.75) is 10.6 Å². The summed E-state index contributed by atoms with van der Waals surface area (Å²) in [5, 5.41) is 4.76. The standard InChI is InChI=1S/C22H17FN2OS2/c23-19-10-9-16(25-11-3-4-12-25)14-20(19)24-22(26)18-7-1-2-8-21(18)28-15-17-6-5-13-27-17/h1-14H,15H2,(H,24,26). The van der Waals surface area contributed by atoms with Crippen LogP contribution in [0.5, 0.6) is 0 Å². The van der Waals surface area contributed by atoms with Gasteiger partial charge in [-0.1, -0.05) is 18.2 Å². The van der Waals surface area contributed by atoms with Gasteiger partial charge in [0.15, 0.2) is 0 Å². The molecule has 3 nitrogen and oxygen atoms in total. The third-order valence-electron chi connectivity index (χ3n) is 4.18. The molecule has 0 aliphatic carbocycles. The number of hydrogen-bond donors (Lipinski definition) is 1. The fourth-order valence-corrected chi connectivity index (χ4v) is 4.61. The summed E-state index contributed by atoms with van der Waals surface area (Å²) in [6.07, 6.45) is 3.74. The average Bonchev–Trinajstić information content (AvgIpc) is 3.42. The fraction of sp³-hybridized carbons (Fsp3) is 0.0455. The number of thiophene rings is 1. The summed E-state index contributed by atoms with van der Waals surface area (Å²) in [5.41, 5.74) is 1.48. The number of carbonyl (C=O) groups excluding carboxylic acids is 1. The quantitative estimate of drug-likeness (QED) is 0.384. The molecule has 0 atom stereocenters. The number of rotatable bonds is 6. The van der Waals surface area contributed by atoms with Crippen molar-refractivity contribution in [3.63, 3.8) is 0 Å². The molecule has 4 rings (SSSR count). The maximum atomic E-state index is 14.3. The normalized spacial score (nSPS) is 10.8. The van der Waals surface area contributed by atoms with Crippen LogP contribution in [0.2, 0.25) is 0 Å². The number of aromatic nitrogens is 1. The fourth-order valence-electron chi connectivity index (χ4n) is 2.79. The molecular weight excluding hydrogens is 391 g/mol. The highest BCUT2D eigenvalue weighted by Gasteiger charge is 2.14. The molecule has 0 saturated heterocycles. The van der Waals surface area contributed by atoms with Gasteiger partial charge in [-0.05, 0) is 53.9 Å². The van der Waals surface area contributed by atoms with Crippen LogP contribution in [0.3, 0.4) is 0 Å². The van der Waals surface area contributed by atoms with Gasteiger partial charge in [-0.15, -0.1) is 23.1 Å². The zero-order chi connectivity index (χ0) is 19.3. The summed E-state index contributed by atoms with van der Waals surface area (Å²) in [6.45, 7) is 0. The van der Waals surface area contributed by atoms with Crippen molar-refractivity contribution in [2.75, 3.05) is 5.32 Å². The lowest BCUT2D eigenvalue weighted by atomic mass is 10.2. The largest absolute Gasteiger partial charge is 0.324 e. The molecule has 0 aliphatic heterocycles. The van der Waals surface area contributed by atoms with E-state index in [2.05, 4.69) is 11.4 Å². The van der Waals surface area contributed by atoms with E-state index in [1.165, 1.54) is 10.9 Å². The minimum Gasteiger partial charge on any atom is -0.324 e. The Morgan fingerprint density at radius 1 is 1.04 bits per heavy atom. The van der Waals surface area contributed by atoms with Crippen molar-refractivity contribution >= 4 is 34.7 Å². The first-order valence-electron chi connectivity index (χ1n) is 8.69. The van der Waals surface area contributed by atoms with Crippen molar-refractivity contribution in [1.82, 2.24) is 4.57 Å². The Morgan fingerprint density at radius 3 is 2.64 bits per heavy atom. The first-order chi connectivity index (χ1) is 13.7. The van der Waals surface area contributed by atoms with Gasteiger partial charge in [-0.3, -0.25) is 4.79 Å². The predicted octanol–water partition coefficient (Wildman–Crippen LogP) is 6.22. The zero-order valence-corrected chi connectivity index (χ0v) is 16.5. The number of thioether (sulfide) groups is 1. The van der Waals surface area contributed by atoms with Crippen molar-refractivity contribution in [3.8, 4) is 5.69 Å². The van der Waals surface area contributed by atoms with Gasteiger partial charge in [-0.25, -0.2) is 4.39 Å². The molecule has 1 amide bonds. The third-order valence-corrected chi connectivity index (χ3v) is 6.36. The summed E-state index contributed by atoms with van der Waals surface area (Å²) >= 11 is 3.29. The summed E-state index contributed by atoms with van der Waals surface area (Å²) in [5.74, 6) is 0.00482. The van der Waals surface area contributed by atoms with Crippen molar-refractivity contribution in [3.05, 3.63) is 101 Å². The molecule has 28 heavy (non-hydrogen) atoms. The molecule has 0 aliphatic rings. The van der Waals surface area contributed by atoms with Gasteiger partial charge in [0.05, 0.1) is 11.3 Å². The minimum atomic E-state index is -0.465. The Labute approximate surface area is 170 Å². The van der Waals surface area contributed by atoms with E-state index in [4.69, 9.17) is 0 Å². The van der Waals surface area contributed by atoms with Crippen molar-refractivity contribution < 1.29 is 9.18 Å². The van der Waals surface area contributed by atoms with Gasteiger partial charge >= 0.3 is 0 Å². The minimum absolute atomic E-state index is 0.161. The first kappa shape index (κ1) is 18.5. The van der Waals surface area contributed by atoms with Gasteiger partial charge in [0.1, 0.15) is 5.82 Å². The van der Waals surface area contributed by atoms with E-state index in [1.54, 1.807) is 41.3 Å². The lowest BCUT2D eigenvalue weighted by Crippen LogP contribution is -2.14. The molecule has 0 spiro atoms. The first-order valence-corrected chi connectivity index (χ1v) is 10.6. The van der Waals surface area contributed by atoms with Crippen LogP contribution in [0.4, 0.5) is 10.1 Å². The summed E-state index contributed by atoms with van der Waals surface area (Å²) in [6, 6.07) is 19.9. The van der Waals surface area contributed by atoms with E-state index in [9.17, 15) is 9.18 Å². The topological polar surface area (TPSA) is 34.0 Å². The van der Waals surface area contributed by atoms with Gasteiger partial charge in [0.25, 0.3) is 5.91 Å². The maximum Gasteiger partial charge on any atom is 0.256 e. The van der Waals surface area contributed by atoms with Crippen LogP contribution in [0.1, 0.15) is 15.2 Å². The molecule has 2 aromatic carbocycles. The van der Waals surface area contributed by atoms with E-state index >= 15 is 0 Å². The number of anilines is 1. The van der Waals surface area contributed by atoms with E-state index < -0.39 is 5.82 Å². The van der Waals surface area contributed by atoms with Crippen LogP contribution >= 0.6 is 23.1 Å². The second-order valence-electron chi connectivity index (χ2n) is 6.07. The molecule has 0 saturated carbocycles. The van der Waals surface area contributed by atoms with Crippen LogP contribution in [0.15, 0.2) is 89.4 Å². The van der Waals surface area contributed by atoms with E-state index in [-0.39, 0.29) is 11.6 Å². The molecule has 2 aromatic heterocycles. The number of carbonyl (C=O) groups is 1. The van der Waals surface area contributed by atoms with E-state index in [1.807, 2.05) is 58.7 Å². The maximum absolute atomic E-state index is 14.3. The monoisotopic (exact) mass is 408 g/mol. The Morgan fingerprint density at radius 2 is 1.86 bits per heavy atom. The van der Waals surface area contributed by atoms with E-state index in [0.717, 1.165) is 16.3 Å². The summed E-state index contributed by atoms with van der Waals surface area (Å²) < 4.78 is 16.2. The Bertz CT molecular complexity index is 1080. The lowest BCUT2D eigenvalue weighted by molar-refractivity contribution is 0.102. The number of amides is 1. The van der Waals surface area contributed by atoms with Crippen molar-refractivity contribution in [1.29, 1.82) is 0 Å². The molecule has 6 heteroatoms. The molecular formula is C22H17FN2OS2. The molecule has 2 heterocycles. The Balaban J connectivity index is 1.55. The van der Waals surface area contributed by atoms with Gasteiger partial charge in [-0.2, -0.15) is 0 Å². The number of benzene rings is 2. The molecule has 0 unspecified atom stereocenters. The number of nitrogens with one attached hydrogen (secondary N) is 1. The number of nitrogens with zero attached hydrogens (tertiary/aromatic N) is 1. The highest BCUT2D eigenvalue weighted by atomic mass is 32.2. The average molecular weight is 409 g/mol. The number of halogens is 1. The molecule has 1 N–H and O–H groups in total. The number of hydrogen-bond acceptors (Lipinski definition) is 3. The third kappa shape index (κ3) is 4.18. The molecule has 0 radical (unpaired) electrons. The van der Waals surface area contributed by atoms with Gasteiger partial charge < -0.3 is 9.88 Å². The van der Waals surface area contributed by atoms with Crippen LogP contribution in [0.25, 0.3) is 5.69 Å². The second kappa shape index (κ2) is 8.46. The van der Waals surface area contributed by atoms with Crippen LogP contribution in [0, 0.1) is 5.82 Å². The summed E-state index contributed by atoms with van der Waals surface area (Å²) in [7, 11) is 0. The predicted molar refractivity (Wildman–Crippen MR) is 114 cm³/mol.